The van der Waals surface area contributed by atoms with Crippen molar-refractivity contribution < 1.29 is 32.3 Å². The quantitative estimate of drug-likeness (QED) is 0.213. The molecular formula is C44H53FN10O6S. The van der Waals surface area contributed by atoms with Gasteiger partial charge in [0.15, 0.2) is 5.82 Å². The number of rotatable bonds is 9. The fourth-order valence-corrected chi connectivity index (χ4v) is 12.1. The number of sulfonamides is 1. The van der Waals surface area contributed by atoms with E-state index < -0.39 is 39.8 Å². The maximum Gasteiger partial charge on any atom is 0.329 e. The summed E-state index contributed by atoms with van der Waals surface area (Å²) >= 11 is 0. The summed E-state index contributed by atoms with van der Waals surface area (Å²) in [6, 6.07) is 11.9. The zero-order valence-electron chi connectivity index (χ0n) is 35.0. The molecule has 6 heterocycles. The lowest BCUT2D eigenvalue weighted by atomic mass is 9.88. The molecule has 2 aliphatic carbocycles. The van der Waals surface area contributed by atoms with E-state index in [1.165, 1.54) is 14.8 Å². The molecule has 4 aromatic rings. The van der Waals surface area contributed by atoms with E-state index in [1.807, 2.05) is 19.2 Å². The highest BCUT2D eigenvalue weighted by molar-refractivity contribution is 7.89. The van der Waals surface area contributed by atoms with Crippen molar-refractivity contribution >= 4 is 56.4 Å². The number of aliphatic hydroxyl groups excluding tert-OH is 1. The second-order valence-electron chi connectivity index (χ2n) is 18.1. The van der Waals surface area contributed by atoms with Crippen LogP contribution in [0.3, 0.4) is 0 Å². The predicted molar refractivity (Wildman–Crippen MR) is 229 cm³/mol. The number of anilines is 3. The number of amides is 4. The number of aliphatic hydroxyl groups is 1. The number of piperidine rings is 2. The first-order chi connectivity index (χ1) is 29.8. The smallest absolute Gasteiger partial charge is 0.329 e. The van der Waals surface area contributed by atoms with Gasteiger partial charge in [0.2, 0.25) is 27.8 Å². The van der Waals surface area contributed by atoms with Crippen LogP contribution >= 0.6 is 0 Å². The van der Waals surface area contributed by atoms with Gasteiger partial charge in [-0.05, 0) is 119 Å². The van der Waals surface area contributed by atoms with Crippen molar-refractivity contribution in [3.05, 3.63) is 65.4 Å². The number of urea groups is 1. The minimum atomic E-state index is -4.00. The highest BCUT2D eigenvalue weighted by atomic mass is 32.2. The molecule has 3 saturated heterocycles. The van der Waals surface area contributed by atoms with Crippen LogP contribution in [0.25, 0.3) is 10.9 Å². The van der Waals surface area contributed by atoms with Crippen LogP contribution in [-0.4, -0.2) is 117 Å². The standard InChI is InChI=1S/C44H53FN10O6S/c1-26(52-17-11-27(12-18-52)29-9-10-33-37(22-29)51(2)50-39(33)54-20-14-38(57)48-43(54)59)28-5-3-8-32(21-28)62(60,61)53-19-13-36(35(45)25-53)47-42-46-24-34-40(49-42)55(41(58)44(34)15-16-44)30-6-4-7-31(56)23-30/h3,5,8-10,21-22,24,26-27,30-31,35-36,56H,4,6-7,11-20,23,25H2,1-2H3,(H,46,47,49)(H,48,57,59)/t26-,30-,31-,35-,36?/m1/s1. The number of alkyl halides is 1. The van der Waals surface area contributed by atoms with Gasteiger partial charge < -0.3 is 10.4 Å². The average molecular weight is 869 g/mol. The Bertz CT molecular complexity index is 2560. The topological polar surface area (TPSA) is 186 Å². The maximum absolute atomic E-state index is 16.0. The number of halogens is 1. The van der Waals surface area contributed by atoms with Crippen molar-refractivity contribution in [3.63, 3.8) is 0 Å². The fraction of sp³-hybridized carbons (Fsp3) is 0.545. The summed E-state index contributed by atoms with van der Waals surface area (Å²) in [7, 11) is -2.14. The first-order valence-corrected chi connectivity index (χ1v) is 23.5. The van der Waals surface area contributed by atoms with E-state index in [0.29, 0.717) is 24.0 Å². The Kier molecular flexibility index (Phi) is 10.3. The zero-order valence-corrected chi connectivity index (χ0v) is 35.9. The number of fused-ring (bicyclic) bond motifs is 3. The molecule has 0 bridgehead atoms. The van der Waals surface area contributed by atoms with Crippen molar-refractivity contribution in [1.29, 1.82) is 0 Å². The largest absolute Gasteiger partial charge is 0.393 e. The van der Waals surface area contributed by atoms with Crippen molar-refractivity contribution in [2.24, 2.45) is 7.05 Å². The van der Waals surface area contributed by atoms with Gasteiger partial charge in [0, 0.05) is 62.3 Å². The number of likely N-dealkylation sites (tertiary alicyclic amines) is 1. The first kappa shape index (κ1) is 41.0. The second kappa shape index (κ2) is 15.6. The number of hydrogen-bond donors (Lipinski definition) is 3. The normalized spacial score (nSPS) is 26.5. The van der Waals surface area contributed by atoms with E-state index in [2.05, 4.69) is 44.7 Å². The van der Waals surface area contributed by atoms with Crippen molar-refractivity contribution in [2.45, 2.75) is 118 Å². The Morgan fingerprint density at radius 3 is 2.53 bits per heavy atom. The van der Waals surface area contributed by atoms with Gasteiger partial charge in [0.1, 0.15) is 12.0 Å². The van der Waals surface area contributed by atoms with Crippen LogP contribution in [0.1, 0.15) is 99.8 Å². The third-order valence-electron chi connectivity index (χ3n) is 14.4. The van der Waals surface area contributed by atoms with Crippen LogP contribution < -0.4 is 20.4 Å². The molecule has 1 spiro atoms. The third-order valence-corrected chi connectivity index (χ3v) is 16.2. The molecule has 2 saturated carbocycles. The minimum Gasteiger partial charge on any atom is -0.393 e. The fourth-order valence-electron chi connectivity index (χ4n) is 10.5. The molecule has 4 aliphatic heterocycles. The number of benzene rings is 2. The first-order valence-electron chi connectivity index (χ1n) is 22.0. The Hall–Kier alpha value is -5.04. The highest BCUT2D eigenvalue weighted by Crippen LogP contribution is 2.57. The molecule has 10 rings (SSSR count). The Labute approximate surface area is 359 Å². The SMILES string of the molecule is C[C@H](c1cccc(S(=O)(=O)N2CCC(Nc3ncc4c(n3)N([C@@H]3CCC[C@@H](O)C3)C(=O)C43CC3)[C@H](F)C2)c1)N1CCC(c2ccc3c(N4CCC(=O)NC4=O)nn(C)c3c2)CC1. The summed E-state index contributed by atoms with van der Waals surface area (Å²) in [5.74, 6) is 1.33. The number of nitrogens with zero attached hydrogens (tertiary/aromatic N) is 8. The van der Waals surface area contributed by atoms with Gasteiger partial charge in [-0.3, -0.25) is 34.3 Å². The zero-order chi connectivity index (χ0) is 43.1. The summed E-state index contributed by atoms with van der Waals surface area (Å²) < 4.78 is 47.0. The van der Waals surface area contributed by atoms with E-state index in [4.69, 9.17) is 4.98 Å². The second-order valence-corrected chi connectivity index (χ2v) is 20.1. The number of imide groups is 1. The lowest BCUT2D eigenvalue weighted by Gasteiger charge is -2.37. The van der Waals surface area contributed by atoms with Crippen LogP contribution in [0.2, 0.25) is 0 Å². The molecule has 62 heavy (non-hydrogen) atoms. The minimum absolute atomic E-state index is 0.0163. The molecule has 2 aromatic heterocycles. The molecule has 16 nitrogen and oxygen atoms in total. The lowest BCUT2D eigenvalue weighted by molar-refractivity contribution is -0.121. The lowest BCUT2D eigenvalue weighted by Crippen LogP contribution is -2.50. The number of carbonyl (C=O) groups is 3. The van der Waals surface area contributed by atoms with E-state index in [-0.39, 0.29) is 67.2 Å². The van der Waals surface area contributed by atoms with Crippen molar-refractivity contribution in [3.8, 4) is 0 Å². The summed E-state index contributed by atoms with van der Waals surface area (Å²) in [6.45, 7) is 3.81. The molecule has 0 radical (unpaired) electrons. The Balaban J connectivity index is 0.767. The van der Waals surface area contributed by atoms with Gasteiger partial charge in [-0.2, -0.15) is 14.4 Å². The maximum atomic E-state index is 16.0. The van der Waals surface area contributed by atoms with Crippen molar-refractivity contribution in [2.75, 3.05) is 47.8 Å². The van der Waals surface area contributed by atoms with E-state index >= 15 is 4.39 Å². The molecule has 1 unspecified atom stereocenters. The molecule has 6 aliphatic rings. The molecule has 5 atom stereocenters. The molecule has 3 N–H and O–H groups in total. The molecule has 328 valence electrons. The Morgan fingerprint density at radius 1 is 0.984 bits per heavy atom. The Morgan fingerprint density at radius 2 is 1.79 bits per heavy atom. The van der Waals surface area contributed by atoms with Crippen molar-refractivity contribution in [1.82, 2.24) is 34.3 Å². The number of carbonyl (C=O) groups excluding carboxylic acids is 3. The van der Waals surface area contributed by atoms with E-state index in [0.717, 1.165) is 80.1 Å². The van der Waals surface area contributed by atoms with Crippen LogP contribution in [0.5, 0.6) is 0 Å². The average Bonchev–Trinajstić information content (AvgIpc) is 3.96. The number of hydrogen-bond acceptors (Lipinski definition) is 11. The molecule has 18 heteroatoms. The van der Waals surface area contributed by atoms with E-state index in [1.54, 1.807) is 34.0 Å². The van der Waals surface area contributed by atoms with E-state index in [9.17, 15) is 27.9 Å². The van der Waals surface area contributed by atoms with Gasteiger partial charge >= 0.3 is 6.03 Å². The van der Waals surface area contributed by atoms with Crippen LogP contribution in [0.15, 0.2) is 53.6 Å². The molecule has 4 amide bonds. The number of nitrogens with one attached hydrogen (secondary N) is 2. The van der Waals surface area contributed by atoms with Crippen LogP contribution in [0.4, 0.5) is 26.8 Å². The molecule has 2 aromatic carbocycles. The van der Waals surface area contributed by atoms with Crippen LogP contribution in [-0.2, 0) is 32.1 Å². The summed E-state index contributed by atoms with van der Waals surface area (Å²) in [4.78, 5) is 52.9. The van der Waals surface area contributed by atoms with Gasteiger partial charge in [0.05, 0.1) is 28.0 Å². The summed E-state index contributed by atoms with van der Waals surface area (Å²) in [5.41, 5.74) is 3.20. The monoisotopic (exact) mass is 868 g/mol. The van der Waals surface area contributed by atoms with Crippen LogP contribution in [0, 0.1) is 0 Å². The third kappa shape index (κ3) is 7.12. The number of aromatic nitrogens is 4. The van der Waals surface area contributed by atoms with Gasteiger partial charge in [-0.15, -0.1) is 0 Å². The van der Waals surface area contributed by atoms with Gasteiger partial charge in [0.25, 0.3) is 0 Å². The molecule has 5 fully saturated rings. The summed E-state index contributed by atoms with van der Waals surface area (Å²) in [5, 5.41) is 21.4. The number of aryl methyl sites for hydroxylation is 1. The van der Waals surface area contributed by atoms with Gasteiger partial charge in [-0.25, -0.2) is 22.6 Å². The highest BCUT2D eigenvalue weighted by Gasteiger charge is 2.61. The molecular weight excluding hydrogens is 816 g/mol. The summed E-state index contributed by atoms with van der Waals surface area (Å²) in [6.07, 6.45) is 6.26. The predicted octanol–water partition coefficient (Wildman–Crippen LogP) is 4.65. The van der Waals surface area contributed by atoms with Gasteiger partial charge in [-0.1, -0.05) is 18.2 Å².